The van der Waals surface area contributed by atoms with Gasteiger partial charge in [-0.1, -0.05) is 53.5 Å². The second-order valence-corrected chi connectivity index (χ2v) is 9.12. The van der Waals surface area contributed by atoms with E-state index in [9.17, 15) is 9.59 Å². The zero-order valence-electron chi connectivity index (χ0n) is 19.1. The fourth-order valence-electron chi connectivity index (χ4n) is 4.12. The molecule has 0 radical (unpaired) electrons. The van der Waals surface area contributed by atoms with Gasteiger partial charge in [-0.3, -0.25) is 9.59 Å². The fourth-order valence-corrected chi connectivity index (χ4v) is 4.37. The van der Waals surface area contributed by atoms with Crippen LogP contribution in [0.25, 0.3) is 0 Å². The molecule has 5 rings (SSSR count). The lowest BCUT2D eigenvalue weighted by atomic mass is 9.94. The largest absolute Gasteiger partial charge is 0.343 e. The number of rotatable bonds is 5. The van der Waals surface area contributed by atoms with Crippen LogP contribution < -0.4 is 16.0 Å². The number of para-hydroxylation sites is 1. The SMILES string of the molecule is CC1=C(C(=O)Nc2ccc(Cl)cc2)[C@H](c2ccc(Cl)cc2)n2ncc(C(=O)Nc3ccccc3)c2N1. The van der Waals surface area contributed by atoms with Crippen molar-refractivity contribution in [2.75, 3.05) is 16.0 Å². The highest BCUT2D eigenvalue weighted by Crippen LogP contribution is 2.38. The first-order chi connectivity index (χ1) is 17.4. The summed E-state index contributed by atoms with van der Waals surface area (Å²) >= 11 is 12.1. The zero-order valence-corrected chi connectivity index (χ0v) is 20.6. The van der Waals surface area contributed by atoms with E-state index in [1.165, 1.54) is 6.20 Å². The molecular formula is C27H21Cl2N5O2. The number of aromatic nitrogens is 2. The Morgan fingerprint density at radius 2 is 1.42 bits per heavy atom. The van der Waals surface area contributed by atoms with Crippen molar-refractivity contribution in [3.05, 3.63) is 118 Å². The third-order valence-electron chi connectivity index (χ3n) is 5.83. The lowest BCUT2D eigenvalue weighted by Crippen LogP contribution is -2.32. The van der Waals surface area contributed by atoms with E-state index in [-0.39, 0.29) is 11.8 Å². The van der Waals surface area contributed by atoms with Gasteiger partial charge in [0.15, 0.2) is 0 Å². The molecule has 1 aliphatic heterocycles. The first-order valence-electron chi connectivity index (χ1n) is 11.1. The topological polar surface area (TPSA) is 88.0 Å². The van der Waals surface area contributed by atoms with E-state index >= 15 is 0 Å². The number of fused-ring (bicyclic) bond motifs is 1. The lowest BCUT2D eigenvalue weighted by Gasteiger charge is -2.30. The van der Waals surface area contributed by atoms with Crippen molar-refractivity contribution in [1.29, 1.82) is 0 Å². The number of halogens is 2. The minimum Gasteiger partial charge on any atom is -0.343 e. The number of benzene rings is 3. The molecule has 3 aromatic carbocycles. The Labute approximate surface area is 217 Å². The maximum absolute atomic E-state index is 13.5. The van der Waals surface area contributed by atoms with Crippen LogP contribution in [0.5, 0.6) is 0 Å². The Hall–Kier alpha value is -4.07. The van der Waals surface area contributed by atoms with Gasteiger partial charge in [0.25, 0.3) is 11.8 Å². The maximum Gasteiger partial charge on any atom is 0.261 e. The summed E-state index contributed by atoms with van der Waals surface area (Å²) in [4.78, 5) is 26.6. The van der Waals surface area contributed by atoms with E-state index < -0.39 is 6.04 Å². The standard InChI is InChI=1S/C27H21Cl2N5O2/c1-16-23(27(36)33-21-13-11-19(29)12-14-21)24(17-7-9-18(28)10-8-17)34-25(31-16)22(15-30-34)26(35)32-20-5-3-2-4-6-20/h2-15,24,31H,1H3,(H,32,35)(H,33,36)/t24-/m0/s1. The lowest BCUT2D eigenvalue weighted by molar-refractivity contribution is -0.113. The van der Waals surface area contributed by atoms with Crippen molar-refractivity contribution in [2.45, 2.75) is 13.0 Å². The Morgan fingerprint density at radius 3 is 2.08 bits per heavy atom. The van der Waals surface area contributed by atoms with Crippen molar-refractivity contribution in [2.24, 2.45) is 0 Å². The quantitative estimate of drug-likeness (QED) is 0.287. The Morgan fingerprint density at radius 1 is 0.833 bits per heavy atom. The molecule has 7 nitrogen and oxygen atoms in total. The van der Waals surface area contributed by atoms with Crippen LogP contribution in [0.1, 0.15) is 28.9 Å². The third-order valence-corrected chi connectivity index (χ3v) is 6.34. The van der Waals surface area contributed by atoms with Crippen LogP contribution in [0.2, 0.25) is 10.0 Å². The Bertz CT molecular complexity index is 1460. The van der Waals surface area contributed by atoms with Crippen LogP contribution in [0.4, 0.5) is 17.2 Å². The van der Waals surface area contributed by atoms with E-state index in [0.717, 1.165) is 5.56 Å². The van der Waals surface area contributed by atoms with E-state index in [4.69, 9.17) is 23.2 Å². The van der Waals surface area contributed by atoms with Gasteiger partial charge >= 0.3 is 0 Å². The van der Waals surface area contributed by atoms with Crippen LogP contribution >= 0.6 is 23.2 Å². The number of hydrogen-bond acceptors (Lipinski definition) is 4. The van der Waals surface area contributed by atoms with Gasteiger partial charge in [0.1, 0.15) is 17.4 Å². The highest BCUT2D eigenvalue weighted by molar-refractivity contribution is 6.31. The monoisotopic (exact) mass is 517 g/mol. The van der Waals surface area contributed by atoms with Crippen LogP contribution in [-0.4, -0.2) is 21.6 Å². The molecule has 3 N–H and O–H groups in total. The van der Waals surface area contributed by atoms with Crippen LogP contribution in [0, 0.1) is 0 Å². The number of nitrogens with one attached hydrogen (secondary N) is 3. The van der Waals surface area contributed by atoms with Gasteiger partial charge in [-0.05, 0) is 61.0 Å². The summed E-state index contributed by atoms with van der Waals surface area (Å²) in [5.74, 6) is -0.130. The molecule has 0 saturated carbocycles. The highest BCUT2D eigenvalue weighted by Gasteiger charge is 2.35. The van der Waals surface area contributed by atoms with Gasteiger partial charge in [0, 0.05) is 27.1 Å². The van der Waals surface area contributed by atoms with Crippen molar-refractivity contribution in [3.63, 3.8) is 0 Å². The zero-order chi connectivity index (χ0) is 25.2. The normalized spacial score (nSPS) is 14.6. The second kappa shape index (κ2) is 9.89. The Balaban J connectivity index is 1.54. The summed E-state index contributed by atoms with van der Waals surface area (Å²) in [6.45, 7) is 1.80. The molecule has 36 heavy (non-hydrogen) atoms. The minimum atomic E-state index is -0.593. The molecule has 4 aromatic rings. The van der Waals surface area contributed by atoms with Gasteiger partial charge in [0.05, 0.1) is 11.8 Å². The molecule has 1 aromatic heterocycles. The van der Waals surface area contributed by atoms with Gasteiger partial charge in [-0.15, -0.1) is 0 Å². The molecule has 0 fully saturated rings. The van der Waals surface area contributed by atoms with Gasteiger partial charge in [-0.25, -0.2) is 4.68 Å². The van der Waals surface area contributed by atoms with E-state index in [2.05, 4.69) is 21.0 Å². The van der Waals surface area contributed by atoms with Gasteiger partial charge < -0.3 is 16.0 Å². The molecule has 0 aliphatic carbocycles. The van der Waals surface area contributed by atoms with Crippen molar-refractivity contribution in [1.82, 2.24) is 9.78 Å². The summed E-state index contributed by atoms with van der Waals surface area (Å²) in [6.07, 6.45) is 1.50. The van der Waals surface area contributed by atoms with E-state index in [1.54, 1.807) is 48.0 Å². The molecule has 0 bridgehead atoms. The predicted molar refractivity (Wildman–Crippen MR) is 143 cm³/mol. The number of hydrogen-bond donors (Lipinski definition) is 3. The molecule has 180 valence electrons. The number of amides is 2. The minimum absolute atomic E-state index is 0.307. The summed E-state index contributed by atoms with van der Waals surface area (Å²) in [5, 5.41) is 14.7. The number of anilines is 3. The average Bonchev–Trinajstić information content (AvgIpc) is 3.29. The van der Waals surface area contributed by atoms with Crippen LogP contribution in [-0.2, 0) is 4.79 Å². The summed E-state index contributed by atoms with van der Waals surface area (Å²) < 4.78 is 1.65. The first kappa shape index (κ1) is 23.7. The summed E-state index contributed by atoms with van der Waals surface area (Å²) in [5.41, 5.74) is 3.48. The fraction of sp³-hybridized carbons (Fsp3) is 0.0741. The summed E-state index contributed by atoms with van der Waals surface area (Å²) in [6, 6.07) is 22.7. The number of allylic oxidation sites excluding steroid dienone is 1. The van der Waals surface area contributed by atoms with Gasteiger partial charge in [-0.2, -0.15) is 5.10 Å². The first-order valence-corrected chi connectivity index (χ1v) is 11.9. The number of carbonyl (C=O) groups is 2. The van der Waals surface area contributed by atoms with E-state index in [0.29, 0.717) is 44.1 Å². The van der Waals surface area contributed by atoms with Crippen LogP contribution in [0.3, 0.4) is 0 Å². The average molecular weight is 518 g/mol. The number of nitrogens with zero attached hydrogens (tertiary/aromatic N) is 2. The molecule has 2 heterocycles. The Kier molecular flexibility index (Phi) is 6.50. The molecule has 1 atom stereocenters. The highest BCUT2D eigenvalue weighted by atomic mass is 35.5. The van der Waals surface area contributed by atoms with Crippen molar-refractivity contribution in [3.8, 4) is 0 Å². The number of carbonyl (C=O) groups excluding carboxylic acids is 2. The van der Waals surface area contributed by atoms with Gasteiger partial charge in [0.2, 0.25) is 0 Å². The molecular weight excluding hydrogens is 497 g/mol. The van der Waals surface area contributed by atoms with Crippen LogP contribution in [0.15, 0.2) is 96.3 Å². The predicted octanol–water partition coefficient (Wildman–Crippen LogP) is 6.37. The van der Waals surface area contributed by atoms with E-state index in [1.807, 2.05) is 42.5 Å². The molecule has 0 spiro atoms. The molecule has 9 heteroatoms. The molecule has 0 unspecified atom stereocenters. The third kappa shape index (κ3) is 4.71. The molecule has 1 aliphatic rings. The maximum atomic E-state index is 13.5. The molecule has 2 amide bonds. The second-order valence-electron chi connectivity index (χ2n) is 8.25. The van der Waals surface area contributed by atoms with Crippen molar-refractivity contribution >= 4 is 52.2 Å². The molecule has 0 saturated heterocycles. The summed E-state index contributed by atoms with van der Waals surface area (Å²) in [7, 11) is 0. The van der Waals surface area contributed by atoms with Crippen molar-refractivity contribution < 1.29 is 9.59 Å². The smallest absolute Gasteiger partial charge is 0.261 e.